The Balaban J connectivity index is 0.00000363. The standard InChI is InChI=1S/C24H35N5O2.HI/c1-19(28-12-14-29(15-13-28)21-8-6-5-7-9-21)17-26-24(25-2)27-18-20-10-11-22(30-3)23(16-20)31-4;/h5-11,16,19H,12-15,17-18H2,1-4H3,(H2,25,26,27);1H. The minimum atomic E-state index is 0. The van der Waals surface area contributed by atoms with Crippen LogP contribution in [0.1, 0.15) is 12.5 Å². The van der Waals surface area contributed by atoms with Crippen LogP contribution in [0.4, 0.5) is 5.69 Å². The maximum atomic E-state index is 5.38. The molecule has 2 aromatic rings. The summed E-state index contributed by atoms with van der Waals surface area (Å²) < 4.78 is 10.7. The van der Waals surface area contributed by atoms with Gasteiger partial charge in [0.25, 0.3) is 0 Å². The molecule has 1 aliphatic rings. The molecule has 2 aromatic carbocycles. The smallest absolute Gasteiger partial charge is 0.191 e. The Hall–Kier alpha value is -2.20. The van der Waals surface area contributed by atoms with Crippen LogP contribution < -0.4 is 25.0 Å². The minimum absolute atomic E-state index is 0. The molecule has 176 valence electrons. The Morgan fingerprint density at radius 3 is 2.28 bits per heavy atom. The molecule has 0 spiro atoms. The van der Waals surface area contributed by atoms with Gasteiger partial charge in [-0.2, -0.15) is 0 Å². The zero-order valence-electron chi connectivity index (χ0n) is 19.5. The molecule has 1 fully saturated rings. The normalized spacial score (nSPS) is 15.5. The lowest BCUT2D eigenvalue weighted by atomic mass is 10.2. The van der Waals surface area contributed by atoms with Crippen molar-refractivity contribution in [3.8, 4) is 11.5 Å². The third-order valence-electron chi connectivity index (χ3n) is 5.76. The van der Waals surface area contributed by atoms with Crippen molar-refractivity contribution in [3.63, 3.8) is 0 Å². The molecule has 0 amide bonds. The second-order valence-electron chi connectivity index (χ2n) is 7.70. The third-order valence-corrected chi connectivity index (χ3v) is 5.76. The molecule has 0 aromatic heterocycles. The molecule has 0 radical (unpaired) electrons. The first-order valence-corrected chi connectivity index (χ1v) is 10.8. The van der Waals surface area contributed by atoms with Gasteiger partial charge < -0.3 is 25.0 Å². The zero-order valence-corrected chi connectivity index (χ0v) is 21.8. The van der Waals surface area contributed by atoms with E-state index in [1.165, 1.54) is 5.69 Å². The Labute approximate surface area is 209 Å². The largest absolute Gasteiger partial charge is 0.493 e. The van der Waals surface area contributed by atoms with Gasteiger partial charge in [-0.25, -0.2) is 0 Å². The van der Waals surface area contributed by atoms with Gasteiger partial charge in [0.05, 0.1) is 14.2 Å². The van der Waals surface area contributed by atoms with Crippen LogP contribution in [0.15, 0.2) is 53.5 Å². The summed E-state index contributed by atoms with van der Waals surface area (Å²) in [7, 11) is 5.09. The van der Waals surface area contributed by atoms with Crippen LogP contribution in [-0.4, -0.2) is 70.9 Å². The summed E-state index contributed by atoms with van der Waals surface area (Å²) >= 11 is 0. The van der Waals surface area contributed by atoms with Gasteiger partial charge in [0, 0.05) is 58.0 Å². The second-order valence-corrected chi connectivity index (χ2v) is 7.70. The van der Waals surface area contributed by atoms with Gasteiger partial charge in [0.2, 0.25) is 0 Å². The number of guanidine groups is 1. The number of methoxy groups -OCH3 is 2. The third kappa shape index (κ3) is 7.16. The number of rotatable bonds is 8. The van der Waals surface area contributed by atoms with Crippen LogP contribution in [0, 0.1) is 0 Å². The summed E-state index contributed by atoms with van der Waals surface area (Å²) in [6.07, 6.45) is 0. The second kappa shape index (κ2) is 13.4. The molecule has 32 heavy (non-hydrogen) atoms. The van der Waals surface area contributed by atoms with Gasteiger partial charge in [0.15, 0.2) is 17.5 Å². The fourth-order valence-corrected chi connectivity index (χ4v) is 3.83. The summed E-state index contributed by atoms with van der Waals surface area (Å²) in [4.78, 5) is 9.35. The van der Waals surface area contributed by atoms with E-state index in [4.69, 9.17) is 9.47 Å². The van der Waals surface area contributed by atoms with Crippen LogP contribution in [0.3, 0.4) is 0 Å². The molecular weight excluding hydrogens is 517 g/mol. The van der Waals surface area contributed by atoms with E-state index in [0.717, 1.165) is 55.7 Å². The first-order valence-electron chi connectivity index (χ1n) is 10.8. The Morgan fingerprint density at radius 2 is 1.66 bits per heavy atom. The highest BCUT2D eigenvalue weighted by Gasteiger charge is 2.21. The molecule has 8 heteroatoms. The van der Waals surface area contributed by atoms with Crippen LogP contribution >= 0.6 is 24.0 Å². The summed E-state index contributed by atoms with van der Waals surface area (Å²) in [5.41, 5.74) is 2.42. The predicted octanol–water partition coefficient (Wildman–Crippen LogP) is 3.20. The number of piperazine rings is 1. The number of para-hydroxylation sites is 1. The number of hydrogen-bond donors (Lipinski definition) is 2. The lowest BCUT2D eigenvalue weighted by molar-refractivity contribution is 0.197. The molecule has 0 saturated carbocycles. The Kier molecular flexibility index (Phi) is 10.9. The van der Waals surface area contributed by atoms with E-state index in [2.05, 4.69) is 62.7 Å². The minimum Gasteiger partial charge on any atom is -0.493 e. The highest BCUT2D eigenvalue weighted by molar-refractivity contribution is 14.0. The lowest BCUT2D eigenvalue weighted by Gasteiger charge is -2.39. The molecule has 2 N–H and O–H groups in total. The lowest BCUT2D eigenvalue weighted by Crippen LogP contribution is -2.53. The van der Waals surface area contributed by atoms with Crippen molar-refractivity contribution in [3.05, 3.63) is 54.1 Å². The van der Waals surface area contributed by atoms with E-state index >= 15 is 0 Å². The van der Waals surface area contributed by atoms with Gasteiger partial charge in [-0.3, -0.25) is 9.89 Å². The van der Waals surface area contributed by atoms with E-state index in [1.807, 2.05) is 18.2 Å². The SMILES string of the molecule is CN=C(NCc1ccc(OC)c(OC)c1)NCC(C)N1CCN(c2ccccc2)CC1.I. The predicted molar refractivity (Wildman–Crippen MR) is 143 cm³/mol. The fourth-order valence-electron chi connectivity index (χ4n) is 3.83. The molecule has 0 aliphatic carbocycles. The number of aliphatic imine (C=N–C) groups is 1. The number of benzene rings is 2. The molecule has 3 rings (SSSR count). The molecule has 1 atom stereocenters. The number of hydrogen-bond acceptors (Lipinski definition) is 5. The van der Waals surface area contributed by atoms with Crippen LogP contribution in [0.5, 0.6) is 11.5 Å². The first kappa shape index (κ1) is 26.1. The van der Waals surface area contributed by atoms with Crippen molar-refractivity contribution < 1.29 is 9.47 Å². The Morgan fingerprint density at radius 1 is 0.969 bits per heavy atom. The monoisotopic (exact) mass is 553 g/mol. The van der Waals surface area contributed by atoms with Crippen molar-refractivity contribution in [2.45, 2.75) is 19.5 Å². The van der Waals surface area contributed by atoms with Gasteiger partial charge >= 0.3 is 0 Å². The van der Waals surface area contributed by atoms with Crippen molar-refractivity contribution in [1.82, 2.24) is 15.5 Å². The number of ether oxygens (including phenoxy) is 2. The molecule has 7 nitrogen and oxygen atoms in total. The summed E-state index contributed by atoms with van der Waals surface area (Å²) in [5, 5.41) is 6.84. The maximum absolute atomic E-state index is 5.38. The van der Waals surface area contributed by atoms with E-state index in [-0.39, 0.29) is 24.0 Å². The maximum Gasteiger partial charge on any atom is 0.191 e. The summed E-state index contributed by atoms with van der Waals surface area (Å²) in [6, 6.07) is 17.0. The fraction of sp³-hybridized carbons (Fsp3) is 0.458. The van der Waals surface area contributed by atoms with E-state index in [1.54, 1.807) is 21.3 Å². The zero-order chi connectivity index (χ0) is 22.1. The Bertz CT molecular complexity index is 842. The molecule has 1 aliphatic heterocycles. The molecule has 1 unspecified atom stereocenters. The van der Waals surface area contributed by atoms with Gasteiger partial charge in [-0.05, 0) is 36.8 Å². The van der Waals surface area contributed by atoms with E-state index < -0.39 is 0 Å². The number of anilines is 1. The van der Waals surface area contributed by atoms with Gasteiger partial charge in [-0.15, -0.1) is 24.0 Å². The topological polar surface area (TPSA) is 61.4 Å². The number of nitrogens with one attached hydrogen (secondary N) is 2. The van der Waals surface area contributed by atoms with Gasteiger partial charge in [-0.1, -0.05) is 24.3 Å². The van der Waals surface area contributed by atoms with E-state index in [9.17, 15) is 0 Å². The average molecular weight is 553 g/mol. The quantitative estimate of drug-likeness (QED) is 0.298. The van der Waals surface area contributed by atoms with Crippen LogP contribution in [-0.2, 0) is 6.54 Å². The summed E-state index contributed by atoms with van der Waals surface area (Å²) in [5.74, 6) is 2.26. The summed E-state index contributed by atoms with van der Waals surface area (Å²) in [6.45, 7) is 8.01. The molecule has 0 bridgehead atoms. The molecule has 1 saturated heterocycles. The molecule has 1 heterocycles. The van der Waals surface area contributed by atoms with E-state index in [0.29, 0.717) is 12.6 Å². The van der Waals surface area contributed by atoms with Crippen LogP contribution in [0.2, 0.25) is 0 Å². The first-order chi connectivity index (χ1) is 15.1. The number of nitrogens with zero attached hydrogens (tertiary/aromatic N) is 3. The highest BCUT2D eigenvalue weighted by atomic mass is 127. The highest BCUT2D eigenvalue weighted by Crippen LogP contribution is 2.27. The van der Waals surface area contributed by atoms with Crippen molar-refractivity contribution >= 4 is 35.6 Å². The van der Waals surface area contributed by atoms with Crippen molar-refractivity contribution in [2.75, 3.05) is 58.9 Å². The van der Waals surface area contributed by atoms with Crippen LogP contribution in [0.25, 0.3) is 0 Å². The number of halogens is 1. The van der Waals surface area contributed by atoms with Gasteiger partial charge in [0.1, 0.15) is 0 Å². The van der Waals surface area contributed by atoms with Crippen molar-refractivity contribution in [1.29, 1.82) is 0 Å². The average Bonchev–Trinajstić information content (AvgIpc) is 2.84. The van der Waals surface area contributed by atoms with Crippen molar-refractivity contribution in [2.24, 2.45) is 4.99 Å². The molecular formula is C24H36IN5O2.